The summed E-state index contributed by atoms with van der Waals surface area (Å²) in [6.45, 7) is 0.851. The van der Waals surface area contributed by atoms with Crippen molar-refractivity contribution in [2.45, 2.75) is 43.2 Å². The molecular weight excluding hydrogens is 274 g/mol. The molecule has 4 rings (SSSR count). The molecule has 1 aromatic carbocycles. The first-order valence-electron chi connectivity index (χ1n) is 7.38. The number of nitrogens with one attached hydrogen (secondary N) is 1. The Balaban J connectivity index is 1.46. The Hall–Kier alpha value is -1.06. The number of halogens is 1. The molecule has 1 aromatic rings. The van der Waals surface area contributed by atoms with Crippen LogP contribution in [0.15, 0.2) is 24.3 Å². The maximum absolute atomic E-state index is 12.6. The van der Waals surface area contributed by atoms with Crippen molar-refractivity contribution < 1.29 is 9.53 Å². The molecule has 0 radical (unpaired) electrons. The number of hydrogen-bond donors (Lipinski definition) is 1. The minimum atomic E-state index is -0.296. The first-order valence-corrected chi connectivity index (χ1v) is 7.75. The largest absolute Gasteiger partial charge is 0.378 e. The molecule has 3 fully saturated rings. The van der Waals surface area contributed by atoms with Gasteiger partial charge in [0.15, 0.2) is 0 Å². The number of carbonyl (C=O) groups excluding carboxylic acids is 1. The monoisotopic (exact) mass is 291 g/mol. The topological polar surface area (TPSA) is 38.3 Å². The summed E-state index contributed by atoms with van der Waals surface area (Å²) in [5, 5.41) is 3.97. The molecule has 1 amide bonds. The van der Waals surface area contributed by atoms with Crippen LogP contribution in [-0.2, 0) is 14.9 Å². The number of hydrogen-bond acceptors (Lipinski definition) is 2. The standard InChI is InChI=1S/C16H18ClNO2/c17-11-3-1-10(2-4-11)16(6-7-16)15(19)18-13-9-14-12(13)5-8-20-14/h1-4,12-14H,5-9H2,(H,18,19)/t12-,13+,14+/m1/s1. The van der Waals surface area contributed by atoms with Crippen LogP contribution in [0.3, 0.4) is 0 Å². The van der Waals surface area contributed by atoms with Gasteiger partial charge in [-0.15, -0.1) is 0 Å². The van der Waals surface area contributed by atoms with Crippen LogP contribution >= 0.6 is 11.6 Å². The van der Waals surface area contributed by atoms with Crippen LogP contribution in [0.2, 0.25) is 5.02 Å². The lowest BCUT2D eigenvalue weighted by atomic mass is 9.76. The number of rotatable bonds is 3. The lowest BCUT2D eigenvalue weighted by Gasteiger charge is -2.40. The second-order valence-corrected chi connectivity index (χ2v) is 6.70. The van der Waals surface area contributed by atoms with Crippen molar-refractivity contribution in [3.63, 3.8) is 0 Å². The fourth-order valence-corrected chi connectivity index (χ4v) is 3.74. The summed E-state index contributed by atoms with van der Waals surface area (Å²) in [7, 11) is 0. The summed E-state index contributed by atoms with van der Waals surface area (Å²) >= 11 is 5.92. The van der Waals surface area contributed by atoms with E-state index in [1.54, 1.807) is 0 Å². The highest BCUT2D eigenvalue weighted by Crippen LogP contribution is 2.49. The van der Waals surface area contributed by atoms with Gasteiger partial charge in [0.05, 0.1) is 11.5 Å². The maximum atomic E-state index is 12.6. The lowest BCUT2D eigenvalue weighted by Crippen LogP contribution is -2.55. The van der Waals surface area contributed by atoms with Gasteiger partial charge in [-0.25, -0.2) is 0 Å². The average Bonchev–Trinajstić information content (AvgIpc) is 3.15. The number of amides is 1. The molecule has 3 nitrogen and oxygen atoms in total. The van der Waals surface area contributed by atoms with E-state index in [4.69, 9.17) is 16.3 Å². The van der Waals surface area contributed by atoms with Gasteiger partial charge in [-0.2, -0.15) is 0 Å². The lowest BCUT2D eigenvalue weighted by molar-refractivity contribution is -0.126. The highest BCUT2D eigenvalue weighted by molar-refractivity contribution is 6.30. The van der Waals surface area contributed by atoms with Gasteiger partial charge >= 0.3 is 0 Å². The van der Waals surface area contributed by atoms with Crippen LogP contribution in [0.1, 0.15) is 31.2 Å². The molecule has 0 unspecified atom stereocenters. The minimum Gasteiger partial charge on any atom is -0.378 e. The van der Waals surface area contributed by atoms with Crippen LogP contribution in [0.4, 0.5) is 0 Å². The third-order valence-electron chi connectivity index (χ3n) is 5.16. The van der Waals surface area contributed by atoms with Crippen LogP contribution < -0.4 is 5.32 Å². The van der Waals surface area contributed by atoms with Crippen LogP contribution in [0.5, 0.6) is 0 Å². The van der Waals surface area contributed by atoms with Gasteiger partial charge in [-0.1, -0.05) is 23.7 Å². The second-order valence-electron chi connectivity index (χ2n) is 6.27. The molecule has 2 aliphatic carbocycles. The molecule has 0 bridgehead atoms. The van der Waals surface area contributed by atoms with Crippen molar-refractivity contribution in [2.75, 3.05) is 6.61 Å². The first kappa shape index (κ1) is 12.7. The molecule has 4 heteroatoms. The Morgan fingerprint density at radius 2 is 2.05 bits per heavy atom. The summed E-state index contributed by atoms with van der Waals surface area (Å²) in [6.07, 6.45) is 4.35. The van der Waals surface area contributed by atoms with Crippen molar-refractivity contribution in [3.8, 4) is 0 Å². The SMILES string of the molecule is O=C(N[C@H]1C[C@@H]2OCC[C@H]12)C1(c2ccc(Cl)cc2)CC1. The third kappa shape index (κ3) is 1.87. The van der Waals surface area contributed by atoms with E-state index in [1.165, 1.54) is 0 Å². The maximum Gasteiger partial charge on any atom is 0.230 e. The van der Waals surface area contributed by atoms with E-state index in [2.05, 4.69) is 5.32 Å². The minimum absolute atomic E-state index is 0.190. The number of ether oxygens (including phenoxy) is 1. The molecule has 20 heavy (non-hydrogen) atoms. The van der Waals surface area contributed by atoms with E-state index in [-0.39, 0.29) is 11.3 Å². The van der Waals surface area contributed by atoms with Crippen molar-refractivity contribution in [1.29, 1.82) is 0 Å². The van der Waals surface area contributed by atoms with Gasteiger partial charge < -0.3 is 10.1 Å². The molecule has 2 saturated carbocycles. The Bertz CT molecular complexity index is 538. The predicted molar refractivity (Wildman–Crippen MR) is 76.8 cm³/mol. The van der Waals surface area contributed by atoms with E-state index in [1.807, 2.05) is 24.3 Å². The zero-order valence-electron chi connectivity index (χ0n) is 11.3. The van der Waals surface area contributed by atoms with Gasteiger partial charge in [0.1, 0.15) is 0 Å². The van der Waals surface area contributed by atoms with E-state index in [0.717, 1.165) is 42.9 Å². The fourth-order valence-electron chi connectivity index (χ4n) is 3.61. The van der Waals surface area contributed by atoms with E-state index >= 15 is 0 Å². The molecule has 1 saturated heterocycles. The molecule has 106 valence electrons. The Kier molecular flexibility index (Phi) is 2.83. The smallest absolute Gasteiger partial charge is 0.230 e. The van der Waals surface area contributed by atoms with E-state index in [0.29, 0.717) is 18.1 Å². The molecule has 0 aromatic heterocycles. The normalized spacial score (nSPS) is 33.1. The van der Waals surface area contributed by atoms with Crippen LogP contribution in [0, 0.1) is 5.92 Å². The molecular formula is C16H18ClNO2. The summed E-state index contributed by atoms with van der Waals surface area (Å²) < 4.78 is 5.60. The summed E-state index contributed by atoms with van der Waals surface area (Å²) in [5.41, 5.74) is 0.799. The fraction of sp³-hybridized carbons (Fsp3) is 0.562. The third-order valence-corrected chi connectivity index (χ3v) is 5.41. The van der Waals surface area contributed by atoms with Gasteiger partial charge in [-0.3, -0.25) is 4.79 Å². The zero-order valence-corrected chi connectivity index (χ0v) is 12.0. The first-order chi connectivity index (χ1) is 9.69. The van der Waals surface area contributed by atoms with E-state index < -0.39 is 0 Å². The summed E-state index contributed by atoms with van der Waals surface area (Å²) in [4.78, 5) is 12.6. The summed E-state index contributed by atoms with van der Waals surface area (Å²) in [6, 6.07) is 8.02. The van der Waals surface area contributed by atoms with Crippen LogP contribution in [0.25, 0.3) is 0 Å². The number of carbonyl (C=O) groups is 1. The Morgan fingerprint density at radius 3 is 2.70 bits per heavy atom. The number of fused-ring (bicyclic) bond motifs is 1. The van der Waals surface area contributed by atoms with Gasteiger partial charge in [0, 0.05) is 23.6 Å². The van der Waals surface area contributed by atoms with E-state index in [9.17, 15) is 4.79 Å². The second kappa shape index (κ2) is 4.47. The van der Waals surface area contributed by atoms with Crippen molar-refractivity contribution in [1.82, 2.24) is 5.32 Å². The molecule has 1 N–H and O–H groups in total. The van der Waals surface area contributed by atoms with Gasteiger partial charge in [0.2, 0.25) is 5.91 Å². The molecule has 0 spiro atoms. The van der Waals surface area contributed by atoms with Crippen molar-refractivity contribution >= 4 is 17.5 Å². The molecule has 1 heterocycles. The van der Waals surface area contributed by atoms with Gasteiger partial charge in [0.25, 0.3) is 0 Å². The molecule has 3 atom stereocenters. The van der Waals surface area contributed by atoms with Crippen LogP contribution in [-0.4, -0.2) is 24.7 Å². The zero-order chi connectivity index (χ0) is 13.7. The number of benzene rings is 1. The van der Waals surface area contributed by atoms with Crippen molar-refractivity contribution in [2.24, 2.45) is 5.92 Å². The summed E-state index contributed by atoms with van der Waals surface area (Å²) in [5.74, 6) is 0.732. The molecule has 3 aliphatic rings. The highest BCUT2D eigenvalue weighted by atomic mass is 35.5. The molecule has 1 aliphatic heterocycles. The van der Waals surface area contributed by atoms with Gasteiger partial charge in [-0.05, 0) is 43.4 Å². The quantitative estimate of drug-likeness (QED) is 0.930. The average molecular weight is 292 g/mol. The van der Waals surface area contributed by atoms with Crippen molar-refractivity contribution in [3.05, 3.63) is 34.9 Å². The Morgan fingerprint density at radius 1 is 1.30 bits per heavy atom. The highest BCUT2D eigenvalue weighted by Gasteiger charge is 2.54. The predicted octanol–water partition coefficient (Wildman–Crippen LogP) is 2.67. The Labute approximate surface area is 123 Å².